The van der Waals surface area contributed by atoms with Crippen LogP contribution in [0.4, 0.5) is 11.4 Å². The highest BCUT2D eigenvalue weighted by Gasteiger charge is 2.18. The fraction of sp³-hybridized carbons (Fsp3) is 0.364. The number of amides is 2. The SMILES string of the molecule is CC(C)Oc1ccc(NC(=O)CNc2cccc(C(=O)N3CCOCC3)c2)cc1. The number of carbonyl (C=O) groups is 2. The Morgan fingerprint density at radius 2 is 1.79 bits per heavy atom. The Morgan fingerprint density at radius 3 is 2.48 bits per heavy atom. The van der Waals surface area contributed by atoms with Gasteiger partial charge in [0, 0.05) is 30.0 Å². The number of nitrogens with zero attached hydrogens (tertiary/aromatic N) is 1. The maximum absolute atomic E-state index is 12.6. The van der Waals surface area contributed by atoms with Crippen LogP contribution >= 0.6 is 0 Å². The van der Waals surface area contributed by atoms with Crippen molar-refractivity contribution in [2.24, 2.45) is 0 Å². The minimum absolute atomic E-state index is 0.0230. The molecule has 29 heavy (non-hydrogen) atoms. The normalized spacial score (nSPS) is 13.8. The highest BCUT2D eigenvalue weighted by atomic mass is 16.5. The lowest BCUT2D eigenvalue weighted by Crippen LogP contribution is -2.40. The molecule has 0 saturated carbocycles. The first-order chi connectivity index (χ1) is 14.0. The van der Waals surface area contributed by atoms with Gasteiger partial charge in [0.15, 0.2) is 0 Å². The van der Waals surface area contributed by atoms with Gasteiger partial charge in [-0.2, -0.15) is 0 Å². The van der Waals surface area contributed by atoms with Crippen molar-refractivity contribution in [3.05, 3.63) is 54.1 Å². The molecule has 2 N–H and O–H groups in total. The Labute approximate surface area is 171 Å². The number of nitrogens with one attached hydrogen (secondary N) is 2. The maximum atomic E-state index is 12.6. The molecule has 0 aromatic heterocycles. The molecular formula is C22H27N3O4. The molecule has 0 radical (unpaired) electrons. The summed E-state index contributed by atoms with van der Waals surface area (Å²) in [5, 5.41) is 5.90. The highest BCUT2D eigenvalue weighted by molar-refractivity contribution is 5.96. The van der Waals surface area contributed by atoms with Crippen LogP contribution < -0.4 is 15.4 Å². The van der Waals surface area contributed by atoms with Crippen molar-refractivity contribution in [2.75, 3.05) is 43.5 Å². The highest BCUT2D eigenvalue weighted by Crippen LogP contribution is 2.17. The molecule has 7 nitrogen and oxygen atoms in total. The summed E-state index contributed by atoms with van der Waals surface area (Å²) >= 11 is 0. The van der Waals surface area contributed by atoms with Crippen molar-refractivity contribution in [1.29, 1.82) is 0 Å². The number of carbonyl (C=O) groups excluding carboxylic acids is 2. The van der Waals surface area contributed by atoms with Crippen molar-refractivity contribution in [3.63, 3.8) is 0 Å². The van der Waals surface area contributed by atoms with Crippen LogP contribution in [-0.4, -0.2) is 55.7 Å². The molecule has 1 saturated heterocycles. The smallest absolute Gasteiger partial charge is 0.254 e. The predicted octanol–water partition coefficient (Wildman–Crippen LogP) is 3.00. The zero-order valence-electron chi connectivity index (χ0n) is 16.8. The lowest BCUT2D eigenvalue weighted by atomic mass is 10.1. The quantitative estimate of drug-likeness (QED) is 0.751. The number of morpholine rings is 1. The van der Waals surface area contributed by atoms with E-state index in [4.69, 9.17) is 9.47 Å². The minimum Gasteiger partial charge on any atom is -0.491 e. The van der Waals surface area contributed by atoms with E-state index in [1.807, 2.05) is 32.0 Å². The third kappa shape index (κ3) is 6.22. The molecule has 0 atom stereocenters. The van der Waals surface area contributed by atoms with Crippen LogP contribution in [0.2, 0.25) is 0 Å². The maximum Gasteiger partial charge on any atom is 0.254 e. The van der Waals surface area contributed by atoms with Crippen molar-refractivity contribution in [3.8, 4) is 5.75 Å². The van der Waals surface area contributed by atoms with Gasteiger partial charge in [-0.1, -0.05) is 6.07 Å². The fourth-order valence-electron chi connectivity index (χ4n) is 2.99. The van der Waals surface area contributed by atoms with Gasteiger partial charge in [0.2, 0.25) is 5.91 Å². The van der Waals surface area contributed by atoms with E-state index in [1.54, 1.807) is 35.2 Å². The van der Waals surface area contributed by atoms with Crippen LogP contribution in [0, 0.1) is 0 Å². The monoisotopic (exact) mass is 397 g/mol. The molecular weight excluding hydrogens is 370 g/mol. The van der Waals surface area contributed by atoms with Crippen LogP contribution in [0.5, 0.6) is 5.75 Å². The second-order valence-electron chi connectivity index (χ2n) is 7.08. The largest absolute Gasteiger partial charge is 0.491 e. The first kappa shape index (κ1) is 20.7. The standard InChI is InChI=1S/C22H27N3O4/c1-16(2)29-20-8-6-18(7-9-20)24-21(26)15-23-19-5-3-4-17(14-19)22(27)25-10-12-28-13-11-25/h3-9,14,16,23H,10-13,15H2,1-2H3,(H,24,26). The molecule has 2 aromatic carbocycles. The van der Waals surface area contributed by atoms with Crippen molar-refractivity contribution < 1.29 is 19.1 Å². The second-order valence-corrected chi connectivity index (χ2v) is 7.08. The number of benzene rings is 2. The Balaban J connectivity index is 1.51. The summed E-state index contributed by atoms with van der Waals surface area (Å²) in [6, 6.07) is 14.4. The molecule has 2 aromatic rings. The third-order valence-corrected chi connectivity index (χ3v) is 4.37. The average Bonchev–Trinajstić information content (AvgIpc) is 2.73. The topological polar surface area (TPSA) is 79.9 Å². The van der Waals surface area contributed by atoms with Crippen LogP contribution in [-0.2, 0) is 9.53 Å². The van der Waals surface area contributed by atoms with E-state index in [0.717, 1.165) is 11.4 Å². The Kier molecular flexibility index (Phi) is 7.08. The molecule has 3 rings (SSSR count). The lowest BCUT2D eigenvalue weighted by Gasteiger charge is -2.27. The van der Waals surface area contributed by atoms with Gasteiger partial charge >= 0.3 is 0 Å². The Morgan fingerprint density at radius 1 is 1.07 bits per heavy atom. The summed E-state index contributed by atoms with van der Waals surface area (Å²) in [5.41, 5.74) is 2.02. The van der Waals surface area contributed by atoms with Gasteiger partial charge in [0.1, 0.15) is 5.75 Å². The van der Waals surface area contributed by atoms with Gasteiger partial charge in [-0.15, -0.1) is 0 Å². The van der Waals surface area contributed by atoms with Gasteiger partial charge in [0.05, 0.1) is 25.9 Å². The molecule has 2 amide bonds. The molecule has 1 heterocycles. The first-order valence-electron chi connectivity index (χ1n) is 9.79. The van der Waals surface area contributed by atoms with E-state index in [0.29, 0.717) is 37.6 Å². The van der Waals surface area contributed by atoms with E-state index in [2.05, 4.69) is 10.6 Å². The number of hydrogen-bond donors (Lipinski definition) is 2. The van der Waals surface area contributed by atoms with E-state index in [1.165, 1.54) is 0 Å². The Bertz CT molecular complexity index is 830. The predicted molar refractivity (Wildman–Crippen MR) is 112 cm³/mol. The summed E-state index contributed by atoms with van der Waals surface area (Å²) in [5.74, 6) is 0.565. The van der Waals surface area contributed by atoms with Gasteiger partial charge in [-0.25, -0.2) is 0 Å². The van der Waals surface area contributed by atoms with Crippen LogP contribution in [0.25, 0.3) is 0 Å². The zero-order valence-corrected chi connectivity index (χ0v) is 16.8. The molecule has 0 spiro atoms. The molecule has 1 aliphatic rings. The van der Waals surface area contributed by atoms with Crippen LogP contribution in [0.15, 0.2) is 48.5 Å². The molecule has 7 heteroatoms. The number of anilines is 2. The van der Waals surface area contributed by atoms with E-state index in [-0.39, 0.29) is 24.5 Å². The summed E-state index contributed by atoms with van der Waals surface area (Å²) < 4.78 is 10.9. The fourth-order valence-corrected chi connectivity index (χ4v) is 2.99. The second kappa shape index (κ2) is 9.93. The van der Waals surface area contributed by atoms with E-state index >= 15 is 0 Å². The number of rotatable bonds is 7. The van der Waals surface area contributed by atoms with Gasteiger partial charge in [-0.05, 0) is 56.3 Å². The molecule has 0 aliphatic carbocycles. The van der Waals surface area contributed by atoms with Crippen LogP contribution in [0.3, 0.4) is 0 Å². The average molecular weight is 397 g/mol. The number of ether oxygens (including phenoxy) is 2. The summed E-state index contributed by atoms with van der Waals surface area (Å²) in [7, 11) is 0. The summed E-state index contributed by atoms with van der Waals surface area (Å²) in [6.07, 6.45) is 0.102. The minimum atomic E-state index is -0.174. The molecule has 1 fully saturated rings. The van der Waals surface area contributed by atoms with Gasteiger partial charge in [-0.3, -0.25) is 9.59 Å². The van der Waals surface area contributed by atoms with Crippen molar-refractivity contribution in [1.82, 2.24) is 4.90 Å². The number of hydrogen-bond acceptors (Lipinski definition) is 5. The van der Waals surface area contributed by atoms with Crippen molar-refractivity contribution >= 4 is 23.2 Å². The molecule has 1 aliphatic heterocycles. The third-order valence-electron chi connectivity index (χ3n) is 4.37. The lowest BCUT2D eigenvalue weighted by molar-refractivity contribution is -0.114. The molecule has 154 valence electrons. The van der Waals surface area contributed by atoms with Gasteiger partial charge in [0.25, 0.3) is 5.91 Å². The first-order valence-corrected chi connectivity index (χ1v) is 9.79. The zero-order chi connectivity index (χ0) is 20.6. The van der Waals surface area contributed by atoms with E-state index in [9.17, 15) is 9.59 Å². The van der Waals surface area contributed by atoms with Crippen molar-refractivity contribution in [2.45, 2.75) is 20.0 Å². The Hall–Kier alpha value is -3.06. The molecule has 0 bridgehead atoms. The molecule has 0 unspecified atom stereocenters. The van der Waals surface area contributed by atoms with Crippen LogP contribution in [0.1, 0.15) is 24.2 Å². The summed E-state index contributed by atoms with van der Waals surface area (Å²) in [4.78, 5) is 26.6. The van der Waals surface area contributed by atoms with Gasteiger partial charge < -0.3 is 25.0 Å². The summed E-state index contributed by atoms with van der Waals surface area (Å²) in [6.45, 7) is 6.35. The van der Waals surface area contributed by atoms with E-state index < -0.39 is 0 Å².